The van der Waals surface area contributed by atoms with Crippen molar-refractivity contribution in [2.75, 3.05) is 18.1 Å². The molecule has 0 N–H and O–H groups in total. The Morgan fingerprint density at radius 1 is 1.17 bits per heavy atom. The fourth-order valence-electron chi connectivity index (χ4n) is 1.57. The highest BCUT2D eigenvalue weighted by Crippen LogP contribution is 2.13. The van der Waals surface area contributed by atoms with E-state index in [0.29, 0.717) is 6.42 Å². The predicted molar refractivity (Wildman–Crippen MR) is 78.1 cm³/mol. The lowest BCUT2D eigenvalue weighted by Crippen LogP contribution is -2.00. The molecule has 98 valence electrons. The molecular formula is C15H21NOS. The topological polar surface area (TPSA) is 33.0 Å². The highest BCUT2D eigenvalue weighted by molar-refractivity contribution is 7.99. The number of nitrogens with zero attached hydrogens (tertiary/aromatic N) is 1. The molecule has 0 unspecified atom stereocenters. The van der Waals surface area contributed by atoms with E-state index in [0.717, 1.165) is 23.7 Å². The molecule has 0 saturated heterocycles. The smallest absolute Gasteiger partial charge is 0.119 e. The van der Waals surface area contributed by atoms with Crippen LogP contribution < -0.4 is 4.74 Å². The summed E-state index contributed by atoms with van der Waals surface area (Å²) < 4.78 is 5.64. The summed E-state index contributed by atoms with van der Waals surface area (Å²) >= 11 is 1.96. The Bertz CT molecular complexity index is 356. The van der Waals surface area contributed by atoms with E-state index in [2.05, 4.69) is 13.0 Å². The van der Waals surface area contributed by atoms with Crippen molar-refractivity contribution in [1.82, 2.24) is 0 Å². The lowest BCUT2D eigenvalue weighted by molar-refractivity contribution is 0.344. The highest BCUT2D eigenvalue weighted by Gasteiger charge is 1.96. The van der Waals surface area contributed by atoms with E-state index in [4.69, 9.17) is 10.00 Å². The standard InChI is InChI=1S/C15H21NOS/c1-2-3-4-12-18-13-11-17-15-7-5-14(6-8-15)9-10-16/h5-8H,2-4,9,11-13H2,1H3. The predicted octanol–water partition coefficient (Wildman–Crippen LogP) is 4.05. The van der Waals surface area contributed by atoms with Crippen molar-refractivity contribution in [1.29, 1.82) is 5.26 Å². The van der Waals surface area contributed by atoms with Crippen molar-refractivity contribution < 1.29 is 4.74 Å². The molecule has 0 amide bonds. The van der Waals surface area contributed by atoms with Gasteiger partial charge in [0.05, 0.1) is 19.1 Å². The first kappa shape index (κ1) is 14.9. The molecule has 0 fully saturated rings. The Labute approximate surface area is 114 Å². The number of ether oxygens (including phenoxy) is 1. The van der Waals surface area contributed by atoms with E-state index < -0.39 is 0 Å². The van der Waals surface area contributed by atoms with Gasteiger partial charge < -0.3 is 4.74 Å². The van der Waals surface area contributed by atoms with Gasteiger partial charge in [0.2, 0.25) is 0 Å². The number of benzene rings is 1. The molecule has 0 spiro atoms. The third-order valence-corrected chi connectivity index (χ3v) is 3.63. The van der Waals surface area contributed by atoms with Crippen LogP contribution in [0, 0.1) is 11.3 Å². The van der Waals surface area contributed by atoms with E-state index in [-0.39, 0.29) is 0 Å². The SMILES string of the molecule is CCCCCSCCOc1ccc(CC#N)cc1. The molecule has 18 heavy (non-hydrogen) atoms. The summed E-state index contributed by atoms with van der Waals surface area (Å²) in [4.78, 5) is 0. The van der Waals surface area contributed by atoms with Crippen LogP contribution in [0.1, 0.15) is 31.7 Å². The van der Waals surface area contributed by atoms with Crippen LogP contribution in [-0.4, -0.2) is 18.1 Å². The maximum absolute atomic E-state index is 8.57. The zero-order chi connectivity index (χ0) is 13.1. The van der Waals surface area contributed by atoms with E-state index in [9.17, 15) is 0 Å². The Morgan fingerprint density at radius 2 is 1.94 bits per heavy atom. The van der Waals surface area contributed by atoms with Crippen LogP contribution >= 0.6 is 11.8 Å². The van der Waals surface area contributed by atoms with Gasteiger partial charge in [0.1, 0.15) is 5.75 Å². The molecule has 0 radical (unpaired) electrons. The van der Waals surface area contributed by atoms with Crippen LogP contribution in [-0.2, 0) is 6.42 Å². The fraction of sp³-hybridized carbons (Fsp3) is 0.533. The molecule has 0 aliphatic carbocycles. The quantitative estimate of drug-likeness (QED) is 0.630. The van der Waals surface area contributed by atoms with Gasteiger partial charge in [-0.15, -0.1) is 0 Å². The molecule has 2 nitrogen and oxygen atoms in total. The molecule has 1 aromatic carbocycles. The van der Waals surface area contributed by atoms with Gasteiger partial charge >= 0.3 is 0 Å². The molecule has 0 atom stereocenters. The molecule has 1 aromatic rings. The zero-order valence-electron chi connectivity index (χ0n) is 11.0. The fourth-order valence-corrected chi connectivity index (χ4v) is 2.38. The highest BCUT2D eigenvalue weighted by atomic mass is 32.2. The minimum Gasteiger partial charge on any atom is -0.493 e. The van der Waals surface area contributed by atoms with E-state index in [1.54, 1.807) is 0 Å². The van der Waals surface area contributed by atoms with Gasteiger partial charge in [-0.05, 0) is 29.9 Å². The summed E-state index contributed by atoms with van der Waals surface area (Å²) in [6.45, 7) is 2.98. The molecule has 1 rings (SSSR count). The summed E-state index contributed by atoms with van der Waals surface area (Å²) in [5.41, 5.74) is 1.04. The van der Waals surface area contributed by atoms with E-state index in [1.807, 2.05) is 36.0 Å². The molecule has 0 saturated carbocycles. The summed E-state index contributed by atoms with van der Waals surface area (Å²) in [7, 11) is 0. The normalized spacial score (nSPS) is 10.0. The third kappa shape index (κ3) is 6.56. The largest absolute Gasteiger partial charge is 0.493 e. The zero-order valence-corrected chi connectivity index (χ0v) is 11.8. The van der Waals surface area contributed by atoms with E-state index >= 15 is 0 Å². The monoisotopic (exact) mass is 263 g/mol. The minimum absolute atomic E-state index is 0.466. The number of hydrogen-bond acceptors (Lipinski definition) is 3. The van der Waals surface area contributed by atoms with Crippen molar-refractivity contribution in [2.45, 2.75) is 32.6 Å². The number of rotatable bonds is 9. The van der Waals surface area contributed by atoms with Crippen LogP contribution in [0.15, 0.2) is 24.3 Å². The van der Waals surface area contributed by atoms with Gasteiger partial charge in [-0.3, -0.25) is 0 Å². The number of nitriles is 1. The van der Waals surface area contributed by atoms with Crippen LogP contribution in [0.3, 0.4) is 0 Å². The van der Waals surface area contributed by atoms with Gasteiger partial charge in [-0.25, -0.2) is 0 Å². The Balaban J connectivity index is 2.10. The van der Waals surface area contributed by atoms with Gasteiger partial charge in [0, 0.05) is 5.75 Å². The average Bonchev–Trinajstić information content (AvgIpc) is 2.40. The van der Waals surface area contributed by atoms with Crippen LogP contribution in [0.25, 0.3) is 0 Å². The maximum Gasteiger partial charge on any atom is 0.119 e. The maximum atomic E-state index is 8.57. The summed E-state index contributed by atoms with van der Waals surface area (Å²) in [6.07, 6.45) is 4.39. The van der Waals surface area contributed by atoms with Gasteiger partial charge in [0.25, 0.3) is 0 Å². The lowest BCUT2D eigenvalue weighted by Gasteiger charge is -2.06. The second-order valence-corrected chi connectivity index (χ2v) is 5.37. The number of unbranched alkanes of at least 4 members (excludes halogenated alkanes) is 2. The minimum atomic E-state index is 0.466. The third-order valence-electron chi connectivity index (χ3n) is 2.60. The first-order valence-electron chi connectivity index (χ1n) is 6.53. The Hall–Kier alpha value is -1.14. The molecular weight excluding hydrogens is 242 g/mol. The van der Waals surface area contributed by atoms with Gasteiger partial charge in [-0.1, -0.05) is 31.9 Å². The second kappa shape index (κ2) is 9.85. The van der Waals surface area contributed by atoms with Gasteiger partial charge in [-0.2, -0.15) is 17.0 Å². The van der Waals surface area contributed by atoms with Crippen molar-refractivity contribution in [3.63, 3.8) is 0 Å². The second-order valence-electron chi connectivity index (χ2n) is 4.15. The Morgan fingerprint density at radius 3 is 2.61 bits per heavy atom. The van der Waals surface area contributed by atoms with Crippen molar-refractivity contribution in [2.24, 2.45) is 0 Å². The number of hydrogen-bond donors (Lipinski definition) is 0. The average molecular weight is 263 g/mol. The molecule has 3 heteroatoms. The van der Waals surface area contributed by atoms with Crippen LogP contribution in [0.2, 0.25) is 0 Å². The summed E-state index contributed by atoms with van der Waals surface area (Å²) in [5, 5.41) is 8.57. The Kier molecular flexibility index (Phi) is 8.16. The molecule has 0 aliphatic rings. The first-order valence-corrected chi connectivity index (χ1v) is 7.68. The molecule has 0 bridgehead atoms. The van der Waals surface area contributed by atoms with Crippen molar-refractivity contribution >= 4 is 11.8 Å². The summed E-state index contributed by atoms with van der Waals surface area (Å²) in [6, 6.07) is 9.92. The van der Waals surface area contributed by atoms with Crippen molar-refractivity contribution in [3.05, 3.63) is 29.8 Å². The lowest BCUT2D eigenvalue weighted by atomic mass is 10.2. The summed E-state index contributed by atoms with van der Waals surface area (Å²) in [5.74, 6) is 3.17. The van der Waals surface area contributed by atoms with Crippen LogP contribution in [0.4, 0.5) is 0 Å². The molecule has 0 aromatic heterocycles. The molecule has 0 aliphatic heterocycles. The van der Waals surface area contributed by atoms with Crippen LogP contribution in [0.5, 0.6) is 5.75 Å². The first-order chi connectivity index (χ1) is 8.86. The number of thioether (sulfide) groups is 1. The van der Waals surface area contributed by atoms with E-state index in [1.165, 1.54) is 25.0 Å². The van der Waals surface area contributed by atoms with Gasteiger partial charge in [0.15, 0.2) is 0 Å². The van der Waals surface area contributed by atoms with Crippen molar-refractivity contribution in [3.8, 4) is 11.8 Å². The molecule has 0 heterocycles.